The van der Waals surface area contributed by atoms with Gasteiger partial charge >= 0.3 is 0 Å². The van der Waals surface area contributed by atoms with Crippen LogP contribution in [0.5, 0.6) is 0 Å². The fourth-order valence-corrected chi connectivity index (χ4v) is 1.43. The van der Waals surface area contributed by atoms with Crippen LogP contribution in [-0.2, 0) is 0 Å². The van der Waals surface area contributed by atoms with Crippen molar-refractivity contribution in [3.05, 3.63) is 0 Å². The van der Waals surface area contributed by atoms with Crippen LogP contribution in [0.15, 0.2) is 0 Å². The van der Waals surface area contributed by atoms with Gasteiger partial charge in [0.15, 0.2) is 0 Å². The van der Waals surface area contributed by atoms with Gasteiger partial charge in [0.25, 0.3) is 0 Å². The van der Waals surface area contributed by atoms with Crippen molar-refractivity contribution in [1.82, 2.24) is 0 Å². The summed E-state index contributed by atoms with van der Waals surface area (Å²) in [5.41, 5.74) is 11.3. The fraction of sp³-hybridized carbons (Fsp3) is 1.00. The number of rotatable bonds is 0. The molecule has 0 aromatic carbocycles. The van der Waals surface area contributed by atoms with Gasteiger partial charge in [0.2, 0.25) is 0 Å². The fourth-order valence-electron chi connectivity index (χ4n) is 1.20. The predicted molar refractivity (Wildman–Crippen MR) is 39.4 cm³/mol. The Morgan fingerprint density at radius 3 is 2.33 bits per heavy atom. The van der Waals surface area contributed by atoms with Crippen molar-refractivity contribution in [3.63, 3.8) is 0 Å². The van der Waals surface area contributed by atoms with Crippen molar-refractivity contribution in [2.24, 2.45) is 11.5 Å². The summed E-state index contributed by atoms with van der Waals surface area (Å²) in [6.45, 7) is 0. The summed E-state index contributed by atoms with van der Waals surface area (Å²) in [7, 11) is 0. The van der Waals surface area contributed by atoms with E-state index in [1.807, 2.05) is 0 Å². The molecule has 1 aliphatic carbocycles. The minimum atomic E-state index is 0.121. The third-order valence-electron chi connectivity index (χ3n) is 1.85. The third kappa shape index (κ3) is 1.81. The lowest BCUT2D eigenvalue weighted by molar-refractivity contribution is 0.398. The number of halogens is 1. The summed E-state index contributed by atoms with van der Waals surface area (Å²) >= 11 is 5.85. The summed E-state index contributed by atoms with van der Waals surface area (Å²) in [6, 6.07) is 0.408. The third-order valence-corrected chi connectivity index (χ3v) is 2.39. The summed E-state index contributed by atoms with van der Waals surface area (Å²) in [5.74, 6) is 0. The largest absolute Gasteiger partial charge is 0.328 e. The van der Waals surface area contributed by atoms with E-state index in [2.05, 4.69) is 0 Å². The first-order valence-electron chi connectivity index (χ1n) is 3.35. The molecule has 2 nitrogen and oxygen atoms in total. The first-order chi connectivity index (χ1) is 4.20. The van der Waals surface area contributed by atoms with Gasteiger partial charge in [-0.25, -0.2) is 0 Å². The standard InChI is InChI=1S/C6H13ClN2/c7-5-2-1-4(8)3-6(5)9/h4-6H,1-3,8-9H2/t4-,5?,6-/m0/s1. The molecule has 9 heavy (non-hydrogen) atoms. The summed E-state index contributed by atoms with van der Waals surface area (Å²) < 4.78 is 0. The molecule has 0 aliphatic heterocycles. The van der Waals surface area contributed by atoms with Crippen LogP contribution < -0.4 is 11.5 Å². The number of alkyl halides is 1. The zero-order chi connectivity index (χ0) is 6.85. The topological polar surface area (TPSA) is 52.0 Å². The molecule has 1 rings (SSSR count). The van der Waals surface area contributed by atoms with Crippen molar-refractivity contribution in [2.75, 3.05) is 0 Å². The Labute approximate surface area is 60.5 Å². The van der Waals surface area contributed by atoms with Crippen molar-refractivity contribution >= 4 is 11.6 Å². The Hall–Kier alpha value is 0.210. The van der Waals surface area contributed by atoms with Crippen molar-refractivity contribution in [3.8, 4) is 0 Å². The second kappa shape index (κ2) is 2.86. The molecule has 0 saturated heterocycles. The Morgan fingerprint density at radius 1 is 1.22 bits per heavy atom. The molecular formula is C6H13ClN2. The van der Waals surface area contributed by atoms with E-state index in [1.54, 1.807) is 0 Å². The molecule has 0 spiro atoms. The molecule has 3 atom stereocenters. The molecule has 1 aliphatic rings. The van der Waals surface area contributed by atoms with E-state index in [0.29, 0.717) is 0 Å². The maximum atomic E-state index is 5.85. The van der Waals surface area contributed by atoms with Crippen LogP contribution in [0.4, 0.5) is 0 Å². The lowest BCUT2D eigenvalue weighted by atomic mass is 9.92. The molecule has 0 bridgehead atoms. The monoisotopic (exact) mass is 148 g/mol. The van der Waals surface area contributed by atoms with Crippen LogP contribution in [0, 0.1) is 0 Å². The second-order valence-corrected chi connectivity index (χ2v) is 3.31. The van der Waals surface area contributed by atoms with Crippen LogP contribution in [0.3, 0.4) is 0 Å². The van der Waals surface area contributed by atoms with Gasteiger partial charge in [-0.3, -0.25) is 0 Å². The lowest BCUT2D eigenvalue weighted by Gasteiger charge is -2.27. The second-order valence-electron chi connectivity index (χ2n) is 2.75. The van der Waals surface area contributed by atoms with Crippen LogP contribution in [-0.4, -0.2) is 17.5 Å². The Morgan fingerprint density at radius 2 is 1.89 bits per heavy atom. The summed E-state index contributed by atoms with van der Waals surface area (Å²) in [6.07, 6.45) is 2.89. The average Bonchev–Trinajstić information content (AvgIpc) is 1.80. The number of hydrogen-bond acceptors (Lipinski definition) is 2. The molecular weight excluding hydrogens is 136 g/mol. The molecule has 0 amide bonds. The van der Waals surface area contributed by atoms with E-state index < -0.39 is 0 Å². The molecule has 1 unspecified atom stereocenters. The highest BCUT2D eigenvalue weighted by molar-refractivity contribution is 6.21. The van der Waals surface area contributed by atoms with E-state index in [1.165, 1.54) is 0 Å². The normalized spacial score (nSPS) is 45.0. The zero-order valence-corrected chi connectivity index (χ0v) is 6.14. The molecule has 0 heterocycles. The first kappa shape index (κ1) is 7.32. The zero-order valence-electron chi connectivity index (χ0n) is 5.39. The minimum absolute atomic E-state index is 0.121. The van der Waals surface area contributed by atoms with Crippen molar-refractivity contribution in [1.29, 1.82) is 0 Å². The van der Waals surface area contributed by atoms with Gasteiger partial charge in [0.05, 0.1) is 0 Å². The van der Waals surface area contributed by atoms with E-state index in [4.69, 9.17) is 23.1 Å². The molecule has 1 saturated carbocycles. The van der Waals surface area contributed by atoms with E-state index in [-0.39, 0.29) is 17.5 Å². The van der Waals surface area contributed by atoms with E-state index >= 15 is 0 Å². The minimum Gasteiger partial charge on any atom is -0.328 e. The summed E-state index contributed by atoms with van der Waals surface area (Å²) in [5, 5.41) is 0.157. The number of nitrogens with two attached hydrogens (primary N) is 2. The van der Waals surface area contributed by atoms with Gasteiger partial charge < -0.3 is 11.5 Å². The molecule has 54 valence electrons. The Balaban J connectivity index is 2.35. The van der Waals surface area contributed by atoms with Gasteiger partial charge in [-0.2, -0.15) is 0 Å². The van der Waals surface area contributed by atoms with Crippen LogP contribution in [0.2, 0.25) is 0 Å². The van der Waals surface area contributed by atoms with Gasteiger partial charge in [0, 0.05) is 17.5 Å². The highest BCUT2D eigenvalue weighted by Gasteiger charge is 2.23. The van der Waals surface area contributed by atoms with Gasteiger partial charge in [-0.1, -0.05) is 0 Å². The molecule has 4 N–H and O–H groups in total. The highest BCUT2D eigenvalue weighted by atomic mass is 35.5. The van der Waals surface area contributed by atoms with Crippen LogP contribution in [0.1, 0.15) is 19.3 Å². The molecule has 0 radical (unpaired) electrons. The van der Waals surface area contributed by atoms with E-state index in [9.17, 15) is 0 Å². The maximum Gasteiger partial charge on any atom is 0.0488 e. The molecule has 3 heteroatoms. The number of hydrogen-bond donors (Lipinski definition) is 2. The van der Waals surface area contributed by atoms with Gasteiger partial charge in [-0.05, 0) is 19.3 Å². The van der Waals surface area contributed by atoms with Crippen LogP contribution in [0.25, 0.3) is 0 Å². The van der Waals surface area contributed by atoms with Crippen molar-refractivity contribution < 1.29 is 0 Å². The summed E-state index contributed by atoms with van der Waals surface area (Å²) in [4.78, 5) is 0. The molecule has 1 fully saturated rings. The average molecular weight is 149 g/mol. The predicted octanol–water partition coefficient (Wildman–Crippen LogP) is 0.432. The smallest absolute Gasteiger partial charge is 0.0488 e. The quantitative estimate of drug-likeness (QED) is 0.490. The first-order valence-corrected chi connectivity index (χ1v) is 3.79. The van der Waals surface area contributed by atoms with E-state index in [0.717, 1.165) is 19.3 Å². The molecule has 0 aromatic heterocycles. The van der Waals surface area contributed by atoms with Gasteiger partial charge in [0.1, 0.15) is 0 Å². The van der Waals surface area contributed by atoms with Gasteiger partial charge in [-0.15, -0.1) is 11.6 Å². The molecule has 0 aromatic rings. The SMILES string of the molecule is N[C@H]1CCC(Cl)[C@@H](N)C1. The Bertz CT molecular complexity index is 97.1. The van der Waals surface area contributed by atoms with Crippen LogP contribution >= 0.6 is 11.6 Å². The highest BCUT2D eigenvalue weighted by Crippen LogP contribution is 2.20. The maximum absolute atomic E-state index is 5.85. The Kier molecular flexibility index (Phi) is 2.33. The lowest BCUT2D eigenvalue weighted by Crippen LogP contribution is -2.42. The van der Waals surface area contributed by atoms with Crippen molar-refractivity contribution in [2.45, 2.75) is 36.7 Å².